The number of halogens is 1. The zero-order valence-corrected chi connectivity index (χ0v) is 17.8. The van der Waals surface area contributed by atoms with E-state index in [2.05, 4.69) is 6.92 Å². The van der Waals surface area contributed by atoms with Gasteiger partial charge in [0.1, 0.15) is 6.61 Å². The number of ether oxygens (including phenoxy) is 5. The highest BCUT2D eigenvalue weighted by molar-refractivity contribution is 6.17. The summed E-state index contributed by atoms with van der Waals surface area (Å²) >= 11 is 5.48. The summed E-state index contributed by atoms with van der Waals surface area (Å²) in [4.78, 5) is 11.6. The van der Waals surface area contributed by atoms with Crippen molar-refractivity contribution in [3.63, 3.8) is 0 Å². The van der Waals surface area contributed by atoms with E-state index in [-0.39, 0.29) is 5.97 Å². The molecule has 0 atom stereocenters. The zero-order chi connectivity index (χ0) is 19.8. The third-order valence-electron chi connectivity index (χ3n) is 3.81. The minimum atomic E-state index is -0.129. The predicted molar refractivity (Wildman–Crippen MR) is 108 cm³/mol. The quantitative estimate of drug-likeness (QED) is 0.153. The first-order chi connectivity index (χ1) is 13.3. The SMILES string of the molecule is CCCCCCCCCC(=O)OCCOCCOCCOCCOCCCl. The monoisotopic (exact) mass is 410 g/mol. The van der Waals surface area contributed by atoms with Crippen LogP contribution in [0.4, 0.5) is 0 Å². The van der Waals surface area contributed by atoms with Gasteiger partial charge in [0, 0.05) is 12.3 Å². The normalized spacial score (nSPS) is 11.0. The molecule has 0 amide bonds. The second-order valence-corrected chi connectivity index (χ2v) is 6.61. The Bertz CT molecular complexity index is 304. The van der Waals surface area contributed by atoms with Crippen molar-refractivity contribution in [1.29, 1.82) is 0 Å². The van der Waals surface area contributed by atoms with Crippen LogP contribution in [0.15, 0.2) is 0 Å². The summed E-state index contributed by atoms with van der Waals surface area (Å²) in [6.45, 7) is 6.59. The molecule has 162 valence electrons. The van der Waals surface area contributed by atoms with E-state index in [0.717, 1.165) is 12.8 Å². The fourth-order valence-electron chi connectivity index (χ4n) is 2.33. The third kappa shape index (κ3) is 23.6. The Kier molecular flexibility index (Phi) is 23.3. The fraction of sp³-hybridized carbons (Fsp3) is 0.950. The summed E-state index contributed by atoms with van der Waals surface area (Å²) in [7, 11) is 0. The molecule has 0 heterocycles. The van der Waals surface area contributed by atoms with Gasteiger partial charge in [0.05, 0.1) is 52.9 Å². The van der Waals surface area contributed by atoms with Crippen molar-refractivity contribution < 1.29 is 28.5 Å². The lowest BCUT2D eigenvalue weighted by molar-refractivity contribution is -0.145. The van der Waals surface area contributed by atoms with Crippen LogP contribution in [0.5, 0.6) is 0 Å². The Hall–Kier alpha value is -0.400. The number of esters is 1. The molecule has 0 aliphatic heterocycles. The second-order valence-electron chi connectivity index (χ2n) is 6.23. The van der Waals surface area contributed by atoms with Crippen LogP contribution in [-0.4, -0.2) is 71.3 Å². The van der Waals surface area contributed by atoms with E-state index in [0.29, 0.717) is 71.8 Å². The van der Waals surface area contributed by atoms with Crippen molar-refractivity contribution in [2.24, 2.45) is 0 Å². The van der Waals surface area contributed by atoms with Gasteiger partial charge in [0.25, 0.3) is 0 Å². The van der Waals surface area contributed by atoms with Crippen LogP contribution in [0.2, 0.25) is 0 Å². The molecule has 0 aromatic carbocycles. The maximum atomic E-state index is 11.6. The van der Waals surface area contributed by atoms with Gasteiger partial charge in [-0.25, -0.2) is 0 Å². The highest BCUT2D eigenvalue weighted by atomic mass is 35.5. The van der Waals surface area contributed by atoms with E-state index in [4.69, 9.17) is 35.3 Å². The lowest BCUT2D eigenvalue weighted by Crippen LogP contribution is -2.14. The molecular weight excluding hydrogens is 372 g/mol. The summed E-state index contributed by atoms with van der Waals surface area (Å²) in [5, 5.41) is 0. The predicted octanol–water partition coefficient (Wildman–Crippen LogP) is 3.98. The number of carbonyl (C=O) groups is 1. The van der Waals surface area contributed by atoms with Gasteiger partial charge >= 0.3 is 5.97 Å². The number of hydrogen-bond donors (Lipinski definition) is 0. The minimum absolute atomic E-state index is 0.129. The summed E-state index contributed by atoms with van der Waals surface area (Å²) in [5.74, 6) is 0.372. The van der Waals surface area contributed by atoms with Gasteiger partial charge in [0.2, 0.25) is 0 Å². The molecule has 0 saturated carbocycles. The molecule has 6 nitrogen and oxygen atoms in total. The van der Waals surface area contributed by atoms with Crippen molar-refractivity contribution in [2.75, 3.05) is 65.3 Å². The lowest BCUT2D eigenvalue weighted by atomic mass is 10.1. The van der Waals surface area contributed by atoms with E-state index in [1.54, 1.807) is 0 Å². The smallest absolute Gasteiger partial charge is 0.305 e. The zero-order valence-electron chi connectivity index (χ0n) is 17.1. The van der Waals surface area contributed by atoms with E-state index < -0.39 is 0 Å². The van der Waals surface area contributed by atoms with Crippen LogP contribution in [0.1, 0.15) is 58.3 Å². The van der Waals surface area contributed by atoms with Gasteiger partial charge in [0.15, 0.2) is 0 Å². The minimum Gasteiger partial charge on any atom is -0.463 e. The number of hydrogen-bond acceptors (Lipinski definition) is 6. The molecule has 0 unspecified atom stereocenters. The molecule has 0 fully saturated rings. The van der Waals surface area contributed by atoms with Crippen molar-refractivity contribution in [3.05, 3.63) is 0 Å². The summed E-state index contributed by atoms with van der Waals surface area (Å²) < 4.78 is 26.4. The molecule has 0 aromatic rings. The maximum Gasteiger partial charge on any atom is 0.305 e. The van der Waals surface area contributed by atoms with Gasteiger partial charge in [-0.2, -0.15) is 0 Å². The van der Waals surface area contributed by atoms with Crippen LogP contribution >= 0.6 is 11.6 Å². The first-order valence-electron chi connectivity index (χ1n) is 10.3. The van der Waals surface area contributed by atoms with Crippen LogP contribution in [0, 0.1) is 0 Å². The Balaban J connectivity index is 3.11. The maximum absolute atomic E-state index is 11.6. The molecule has 0 aliphatic carbocycles. The molecular formula is C20H39ClO6. The first-order valence-corrected chi connectivity index (χ1v) is 10.9. The Morgan fingerprint density at radius 3 is 1.59 bits per heavy atom. The standard InChI is InChI=1S/C20H39ClO6/c1-2-3-4-5-6-7-8-9-20(22)27-19-18-26-17-16-25-15-14-24-13-12-23-11-10-21/h2-19H2,1H3. The number of alkyl halides is 1. The van der Waals surface area contributed by atoms with Gasteiger partial charge in [-0.05, 0) is 6.42 Å². The third-order valence-corrected chi connectivity index (χ3v) is 3.97. The van der Waals surface area contributed by atoms with E-state index in [9.17, 15) is 4.79 Å². The van der Waals surface area contributed by atoms with Crippen molar-refractivity contribution in [2.45, 2.75) is 58.3 Å². The topological polar surface area (TPSA) is 63.2 Å². The fourth-order valence-corrected chi connectivity index (χ4v) is 2.44. The molecule has 0 rings (SSSR count). The van der Waals surface area contributed by atoms with Crippen LogP contribution in [0.25, 0.3) is 0 Å². The van der Waals surface area contributed by atoms with E-state index in [1.165, 1.54) is 32.1 Å². The van der Waals surface area contributed by atoms with Crippen LogP contribution in [-0.2, 0) is 28.5 Å². The first kappa shape index (κ1) is 26.6. The number of carbonyl (C=O) groups excluding carboxylic acids is 1. The van der Waals surface area contributed by atoms with Crippen molar-refractivity contribution in [3.8, 4) is 0 Å². The van der Waals surface area contributed by atoms with Crippen molar-refractivity contribution in [1.82, 2.24) is 0 Å². The van der Waals surface area contributed by atoms with Crippen LogP contribution < -0.4 is 0 Å². The van der Waals surface area contributed by atoms with E-state index >= 15 is 0 Å². The average Bonchev–Trinajstić information content (AvgIpc) is 2.67. The molecule has 0 N–H and O–H groups in total. The molecule has 0 saturated heterocycles. The van der Waals surface area contributed by atoms with Gasteiger partial charge < -0.3 is 23.7 Å². The highest BCUT2D eigenvalue weighted by Crippen LogP contribution is 2.08. The largest absolute Gasteiger partial charge is 0.463 e. The molecule has 0 spiro atoms. The van der Waals surface area contributed by atoms with Gasteiger partial charge in [-0.3, -0.25) is 4.79 Å². The molecule has 0 aromatic heterocycles. The number of rotatable bonds is 22. The van der Waals surface area contributed by atoms with Crippen LogP contribution in [0.3, 0.4) is 0 Å². The second kappa shape index (κ2) is 23.6. The molecule has 7 heteroatoms. The Labute approximate surface area is 170 Å². The van der Waals surface area contributed by atoms with E-state index in [1.807, 2.05) is 0 Å². The molecule has 27 heavy (non-hydrogen) atoms. The molecule has 0 radical (unpaired) electrons. The molecule has 0 aliphatic rings. The summed E-state index contributed by atoms with van der Waals surface area (Å²) in [6, 6.07) is 0. The van der Waals surface area contributed by atoms with Gasteiger partial charge in [-0.15, -0.1) is 11.6 Å². The average molecular weight is 411 g/mol. The molecule has 0 bridgehead atoms. The highest BCUT2D eigenvalue weighted by Gasteiger charge is 2.02. The summed E-state index contributed by atoms with van der Waals surface area (Å²) in [5.41, 5.74) is 0. The lowest BCUT2D eigenvalue weighted by Gasteiger charge is -2.08. The Morgan fingerprint density at radius 1 is 0.630 bits per heavy atom. The Morgan fingerprint density at radius 2 is 1.07 bits per heavy atom. The summed E-state index contributed by atoms with van der Waals surface area (Å²) in [6.07, 6.45) is 8.90. The van der Waals surface area contributed by atoms with Gasteiger partial charge in [-0.1, -0.05) is 45.4 Å². The number of unbranched alkanes of at least 4 members (excludes halogenated alkanes) is 6. The van der Waals surface area contributed by atoms with Crippen molar-refractivity contribution >= 4 is 17.6 Å².